The van der Waals surface area contributed by atoms with E-state index in [1.165, 1.54) is 11.1 Å². The van der Waals surface area contributed by atoms with Gasteiger partial charge in [0, 0.05) is 6.42 Å². The molecule has 0 N–H and O–H groups in total. The van der Waals surface area contributed by atoms with Crippen LogP contribution in [-0.4, -0.2) is 13.2 Å². The summed E-state index contributed by atoms with van der Waals surface area (Å²) < 4.78 is 11.3. The van der Waals surface area contributed by atoms with Gasteiger partial charge in [0.15, 0.2) is 0 Å². The third-order valence-electron chi connectivity index (χ3n) is 2.84. The highest BCUT2D eigenvalue weighted by molar-refractivity contribution is 5.27. The number of benzene rings is 2. The summed E-state index contributed by atoms with van der Waals surface area (Å²) in [6.45, 7) is 9.48. The second-order valence-corrected chi connectivity index (χ2v) is 4.68. The Morgan fingerprint density at radius 3 is 1.95 bits per heavy atom. The predicted octanol–water partition coefficient (Wildman–Crippen LogP) is 5.18. The number of hydrogen-bond acceptors (Lipinski definition) is 2. The highest BCUT2D eigenvalue weighted by Gasteiger charge is 1.96. The van der Waals surface area contributed by atoms with Gasteiger partial charge in [-0.3, -0.25) is 0 Å². The van der Waals surface area contributed by atoms with Gasteiger partial charge < -0.3 is 9.47 Å². The van der Waals surface area contributed by atoms with Gasteiger partial charge in [0.2, 0.25) is 0 Å². The van der Waals surface area contributed by atoms with Crippen molar-refractivity contribution in [1.82, 2.24) is 0 Å². The van der Waals surface area contributed by atoms with Gasteiger partial charge in [0.1, 0.15) is 11.5 Å². The molecule has 0 atom stereocenters. The molecule has 0 unspecified atom stereocenters. The summed E-state index contributed by atoms with van der Waals surface area (Å²) >= 11 is 0. The minimum atomic E-state index is 0.675. The van der Waals surface area contributed by atoms with Crippen molar-refractivity contribution < 1.29 is 9.47 Å². The maximum absolute atomic E-state index is 5.66. The normalized spacial score (nSPS) is 9.52. The lowest BCUT2D eigenvalue weighted by Crippen LogP contribution is -2.05. The molecule has 2 heteroatoms. The van der Waals surface area contributed by atoms with Crippen LogP contribution in [0.2, 0.25) is 0 Å². The first kappa shape index (κ1) is 17.1. The molecule has 0 aromatic heterocycles. The molecular formula is C19H26O2. The van der Waals surface area contributed by atoms with Crippen LogP contribution < -0.4 is 9.47 Å². The Morgan fingerprint density at radius 2 is 1.33 bits per heavy atom. The minimum absolute atomic E-state index is 0.675. The van der Waals surface area contributed by atoms with Crippen LogP contribution in [0.15, 0.2) is 48.5 Å². The SMILES string of the molecule is CC.Cc1ccc(OCCCOc2cccc(C)c2)cc1. The average Bonchev–Trinajstić information content (AvgIpc) is 2.51. The third-order valence-corrected chi connectivity index (χ3v) is 2.84. The van der Waals surface area contributed by atoms with Crippen LogP contribution >= 0.6 is 0 Å². The van der Waals surface area contributed by atoms with E-state index >= 15 is 0 Å². The highest BCUT2D eigenvalue weighted by Crippen LogP contribution is 2.13. The van der Waals surface area contributed by atoms with Gasteiger partial charge in [-0.15, -0.1) is 0 Å². The highest BCUT2D eigenvalue weighted by atomic mass is 16.5. The molecule has 0 saturated heterocycles. The summed E-state index contributed by atoms with van der Waals surface area (Å²) in [6.07, 6.45) is 0.877. The van der Waals surface area contributed by atoms with Crippen molar-refractivity contribution in [2.75, 3.05) is 13.2 Å². The molecule has 0 fully saturated rings. The van der Waals surface area contributed by atoms with Crippen LogP contribution in [-0.2, 0) is 0 Å². The van der Waals surface area contributed by atoms with Gasteiger partial charge >= 0.3 is 0 Å². The molecular weight excluding hydrogens is 260 g/mol. The zero-order valence-electron chi connectivity index (χ0n) is 13.6. The van der Waals surface area contributed by atoms with E-state index in [0.29, 0.717) is 13.2 Å². The van der Waals surface area contributed by atoms with E-state index in [2.05, 4.69) is 32.0 Å². The zero-order valence-corrected chi connectivity index (χ0v) is 13.6. The molecule has 0 aliphatic heterocycles. The van der Waals surface area contributed by atoms with Crippen LogP contribution in [0.25, 0.3) is 0 Å². The Bertz CT molecular complexity index is 503. The van der Waals surface area contributed by atoms with Crippen molar-refractivity contribution in [2.45, 2.75) is 34.1 Å². The summed E-state index contributed by atoms with van der Waals surface area (Å²) in [5.74, 6) is 1.84. The van der Waals surface area contributed by atoms with E-state index in [1.807, 2.05) is 44.2 Å². The van der Waals surface area contributed by atoms with Crippen LogP contribution in [0.3, 0.4) is 0 Å². The van der Waals surface area contributed by atoms with E-state index < -0.39 is 0 Å². The summed E-state index contributed by atoms with van der Waals surface area (Å²) in [5, 5.41) is 0. The largest absolute Gasteiger partial charge is 0.493 e. The summed E-state index contributed by atoms with van der Waals surface area (Å²) in [6, 6.07) is 16.2. The molecule has 2 aromatic rings. The Morgan fingerprint density at radius 1 is 0.714 bits per heavy atom. The molecule has 0 aliphatic rings. The average molecular weight is 286 g/mol. The topological polar surface area (TPSA) is 18.5 Å². The van der Waals surface area contributed by atoms with E-state index in [1.54, 1.807) is 0 Å². The Balaban J connectivity index is 0.00000106. The quantitative estimate of drug-likeness (QED) is 0.681. The summed E-state index contributed by atoms with van der Waals surface area (Å²) in [4.78, 5) is 0. The lowest BCUT2D eigenvalue weighted by Gasteiger charge is -2.08. The molecule has 0 heterocycles. The van der Waals surface area contributed by atoms with Gasteiger partial charge in [-0.05, 0) is 43.7 Å². The Labute approximate surface area is 128 Å². The first-order valence-corrected chi connectivity index (χ1v) is 7.63. The van der Waals surface area contributed by atoms with Gasteiger partial charge in [0.05, 0.1) is 13.2 Å². The van der Waals surface area contributed by atoms with Gasteiger partial charge in [0.25, 0.3) is 0 Å². The molecule has 0 bridgehead atoms. The molecule has 21 heavy (non-hydrogen) atoms. The molecule has 0 amide bonds. The smallest absolute Gasteiger partial charge is 0.119 e. The second kappa shape index (κ2) is 9.87. The maximum Gasteiger partial charge on any atom is 0.119 e. The molecule has 0 saturated carbocycles. The molecule has 2 nitrogen and oxygen atoms in total. The monoisotopic (exact) mass is 286 g/mol. The molecule has 0 aliphatic carbocycles. The standard InChI is InChI=1S/C17H20O2.C2H6/c1-14-7-9-16(10-8-14)18-11-4-12-19-17-6-3-5-15(2)13-17;1-2/h3,5-10,13H,4,11-12H2,1-2H3;1-2H3. The Kier molecular flexibility index (Phi) is 8.03. The number of aryl methyl sites for hydroxylation is 2. The first-order valence-electron chi connectivity index (χ1n) is 7.63. The fraction of sp³-hybridized carbons (Fsp3) is 0.368. The van der Waals surface area contributed by atoms with Crippen LogP contribution in [0.4, 0.5) is 0 Å². The molecule has 2 aromatic carbocycles. The summed E-state index contributed by atoms with van der Waals surface area (Å²) in [5.41, 5.74) is 2.46. The van der Waals surface area contributed by atoms with Gasteiger partial charge in [-0.2, -0.15) is 0 Å². The lowest BCUT2D eigenvalue weighted by atomic mass is 10.2. The fourth-order valence-corrected chi connectivity index (χ4v) is 1.78. The second-order valence-electron chi connectivity index (χ2n) is 4.68. The van der Waals surface area contributed by atoms with E-state index in [-0.39, 0.29) is 0 Å². The molecule has 0 radical (unpaired) electrons. The molecule has 114 valence electrons. The molecule has 0 spiro atoms. The summed E-state index contributed by atoms with van der Waals surface area (Å²) in [7, 11) is 0. The fourth-order valence-electron chi connectivity index (χ4n) is 1.78. The van der Waals surface area contributed by atoms with E-state index in [4.69, 9.17) is 9.47 Å². The number of hydrogen-bond donors (Lipinski definition) is 0. The molecule has 2 rings (SSSR count). The van der Waals surface area contributed by atoms with Crippen molar-refractivity contribution in [2.24, 2.45) is 0 Å². The van der Waals surface area contributed by atoms with Crippen molar-refractivity contribution in [3.05, 3.63) is 59.7 Å². The number of rotatable bonds is 6. The maximum atomic E-state index is 5.66. The Hall–Kier alpha value is -1.96. The zero-order chi connectivity index (χ0) is 15.5. The van der Waals surface area contributed by atoms with Crippen molar-refractivity contribution >= 4 is 0 Å². The van der Waals surface area contributed by atoms with Crippen LogP contribution in [0, 0.1) is 13.8 Å². The predicted molar refractivity (Wildman–Crippen MR) is 89.3 cm³/mol. The van der Waals surface area contributed by atoms with Crippen molar-refractivity contribution in [1.29, 1.82) is 0 Å². The third kappa shape index (κ3) is 6.84. The van der Waals surface area contributed by atoms with E-state index in [0.717, 1.165) is 17.9 Å². The van der Waals surface area contributed by atoms with Crippen LogP contribution in [0.5, 0.6) is 11.5 Å². The first-order chi connectivity index (χ1) is 10.2. The lowest BCUT2D eigenvalue weighted by molar-refractivity contribution is 0.247. The van der Waals surface area contributed by atoms with Gasteiger partial charge in [-0.25, -0.2) is 0 Å². The van der Waals surface area contributed by atoms with E-state index in [9.17, 15) is 0 Å². The van der Waals surface area contributed by atoms with Gasteiger partial charge in [-0.1, -0.05) is 43.7 Å². The van der Waals surface area contributed by atoms with Crippen molar-refractivity contribution in [3.63, 3.8) is 0 Å². The van der Waals surface area contributed by atoms with Crippen LogP contribution in [0.1, 0.15) is 31.4 Å². The van der Waals surface area contributed by atoms with Crippen molar-refractivity contribution in [3.8, 4) is 11.5 Å². The number of ether oxygens (including phenoxy) is 2. The minimum Gasteiger partial charge on any atom is -0.493 e.